The predicted octanol–water partition coefficient (Wildman–Crippen LogP) is -14.9. The average molecular weight is 697 g/mol. The van der Waals surface area contributed by atoms with Gasteiger partial charge in [-0.3, -0.25) is 9.59 Å². The number of carboxylic acids is 3. The maximum absolute atomic E-state index is 10.3. The monoisotopic (exact) mass is 696 g/mol. The predicted molar refractivity (Wildman–Crippen MR) is 131 cm³/mol. The molecule has 23 nitrogen and oxygen atoms in total. The van der Waals surface area contributed by atoms with Crippen molar-refractivity contribution in [3.05, 3.63) is 0 Å². The fraction of sp³-hybridized carbons (Fsp3) is 0.500. The van der Waals surface area contributed by atoms with E-state index < -0.39 is 72.5 Å². The first-order chi connectivity index (χ1) is 13.8. The van der Waals surface area contributed by atoms with Crippen LogP contribution in [-0.2, 0) is 14.4 Å². The molecule has 0 fully saturated rings. The van der Waals surface area contributed by atoms with E-state index in [2.05, 4.69) is 0 Å². The van der Waals surface area contributed by atoms with Gasteiger partial charge in [0.2, 0.25) is 0 Å². The fourth-order valence-electron chi connectivity index (χ4n) is 0.714. The Hall–Kier alpha value is 3.60. The number of carboxylic acid groups (broad SMARTS) is 3. The molecule has 0 unspecified atom stereocenters. The van der Waals surface area contributed by atoms with Crippen molar-refractivity contribution in [2.45, 2.75) is 18.4 Å². The summed E-state index contributed by atoms with van der Waals surface area (Å²) >= 11 is 0. The van der Waals surface area contributed by atoms with Crippen molar-refractivity contribution < 1.29 is 112 Å². The molecule has 0 bridgehead atoms. The summed E-state index contributed by atoms with van der Waals surface area (Å²) in [7, 11) is -18.4. The molecule has 0 aliphatic heterocycles. The molecule has 20 N–H and O–H groups in total. The second kappa shape index (κ2) is 32.0. The van der Waals surface area contributed by atoms with E-state index in [0.29, 0.717) is 0 Å². The first-order valence-electron chi connectivity index (χ1n) is 6.75. The summed E-state index contributed by atoms with van der Waals surface area (Å²) in [4.78, 5) is 148. The van der Waals surface area contributed by atoms with Crippen molar-refractivity contribution in [3.8, 4) is 0 Å². The van der Waals surface area contributed by atoms with Gasteiger partial charge in [-0.1, -0.05) is 0 Å². The van der Waals surface area contributed by atoms with Crippen molar-refractivity contribution in [1.82, 2.24) is 0 Å². The molecule has 212 valence electrons. The number of carbonyl (C=O) groups is 3. The van der Waals surface area contributed by atoms with Gasteiger partial charge in [0.05, 0.1) is 12.8 Å². The third-order valence-electron chi connectivity index (χ3n) is 1.29. The Bertz CT molecular complexity index is 485. The van der Waals surface area contributed by atoms with Crippen molar-refractivity contribution in [2.75, 3.05) is 0 Å². The van der Waals surface area contributed by atoms with Crippen LogP contribution in [0.3, 0.4) is 0 Å². The third kappa shape index (κ3) is 154. The minimum absolute atomic E-state index is 0. The van der Waals surface area contributed by atoms with Gasteiger partial charge < -0.3 is 97.2 Å². The molecule has 0 radical (unpaired) electrons. The molecule has 0 spiro atoms. The fourth-order valence-corrected chi connectivity index (χ4v) is 0.714. The summed E-state index contributed by atoms with van der Waals surface area (Å²) in [6.45, 7) is 0. The molecule has 0 aliphatic carbocycles. The van der Waals surface area contributed by atoms with Crippen LogP contribution in [-0.4, -0.2) is 305 Å². The van der Waals surface area contributed by atoms with Gasteiger partial charge in [0.15, 0.2) is 5.60 Å². The molecule has 0 rings (SSSR count). The molecule has 0 heterocycles. The van der Waals surface area contributed by atoms with Crippen LogP contribution in [0.15, 0.2) is 0 Å². The third-order valence-corrected chi connectivity index (χ3v) is 1.29. The van der Waals surface area contributed by atoms with E-state index >= 15 is 0 Å². The van der Waals surface area contributed by atoms with Gasteiger partial charge >= 0.3 is 202 Å². The van der Waals surface area contributed by atoms with Gasteiger partial charge in [-0.25, -0.2) is 4.79 Å². The summed E-state index contributed by atoms with van der Waals surface area (Å²) in [6, 6.07) is 0. The summed E-state index contributed by atoms with van der Waals surface area (Å²) in [5.41, 5.74) is -2.74. The first-order valence-corrected chi connectivity index (χ1v) is 13.9. The van der Waals surface area contributed by atoms with Crippen LogP contribution in [0.2, 0.25) is 0 Å². The molecule has 38 heavy (non-hydrogen) atoms. The Kier molecular flexibility index (Phi) is 57.8. The number of hydrogen-bond acceptors (Lipinski definition) is 20. The molecule has 32 heteroatoms. The SMILES string of the molecule is O=C(O)CC(O)(CC(=O)O)C(=O)O.O[Si](O)(O)O.O[Si](O)(O)O.O[Si](O)(O)O.O[Si](O)(O)O.[NaH].[NaH].[NaH].[NaH].[NaH]. The van der Waals surface area contributed by atoms with Crippen LogP contribution >= 0.6 is 0 Å². The van der Waals surface area contributed by atoms with Crippen LogP contribution in [0, 0.1) is 0 Å². The van der Waals surface area contributed by atoms with E-state index in [1.54, 1.807) is 0 Å². The van der Waals surface area contributed by atoms with Gasteiger partial charge in [0.1, 0.15) is 0 Å². The molecule has 0 amide bonds. The van der Waals surface area contributed by atoms with Crippen LogP contribution in [0.25, 0.3) is 0 Å². The van der Waals surface area contributed by atoms with E-state index in [4.69, 9.17) is 97.2 Å². The second-order valence-corrected chi connectivity index (χ2v) is 9.68. The second-order valence-electron chi connectivity index (χ2n) is 4.88. The quantitative estimate of drug-likeness (QED) is 0.119. The molecule has 0 saturated heterocycles. The Morgan fingerprint density at radius 1 is 0.421 bits per heavy atom. The maximum atomic E-state index is 10.3. The first kappa shape index (κ1) is 68.7. The molecule has 0 saturated carbocycles. The van der Waals surface area contributed by atoms with E-state index in [1.807, 2.05) is 0 Å². The van der Waals surface area contributed by atoms with Crippen molar-refractivity contribution in [2.24, 2.45) is 0 Å². The molecular formula is C6H29Na5O23Si4. The molecule has 0 aromatic heterocycles. The zero-order valence-corrected chi connectivity index (χ0v) is 19.6. The van der Waals surface area contributed by atoms with Crippen LogP contribution < -0.4 is 0 Å². The standard InChI is InChI=1S/C6H8O7.5Na.4H4O4Si.5H/c7-3(8)1-6(13,5(11)12)2-4(9)10;;;;;;4*1-5(2,3)4;;;;;/h13H,1-2H2,(H,7,8)(H,9,10)(H,11,12);;;;;;4*1-4H;;;;;. The van der Waals surface area contributed by atoms with E-state index in [1.165, 1.54) is 0 Å². The average Bonchev–Trinajstić information content (AvgIpc) is 2.26. The molecule has 0 atom stereocenters. The molecular weight excluding hydrogens is 667 g/mol. The number of hydrogen-bond donors (Lipinski definition) is 20. The Labute approximate surface area is 327 Å². The van der Waals surface area contributed by atoms with Gasteiger partial charge in [-0.15, -0.1) is 0 Å². The van der Waals surface area contributed by atoms with Crippen molar-refractivity contribution in [3.63, 3.8) is 0 Å². The number of rotatable bonds is 5. The van der Waals surface area contributed by atoms with Crippen molar-refractivity contribution >= 4 is 202 Å². The van der Waals surface area contributed by atoms with Crippen LogP contribution in [0.5, 0.6) is 0 Å². The van der Waals surface area contributed by atoms with Crippen LogP contribution in [0.1, 0.15) is 12.8 Å². The Balaban J connectivity index is -0.0000000338. The van der Waals surface area contributed by atoms with Crippen molar-refractivity contribution in [1.29, 1.82) is 0 Å². The topological polar surface area (TPSA) is 456 Å². The zero-order valence-electron chi connectivity index (χ0n) is 15.6. The molecule has 0 aromatic rings. The summed E-state index contributed by atoms with van der Waals surface area (Å²) in [5.74, 6) is -5.02. The van der Waals surface area contributed by atoms with Crippen LogP contribution in [0.4, 0.5) is 0 Å². The van der Waals surface area contributed by atoms with Gasteiger partial charge in [-0.2, -0.15) is 0 Å². The normalized spacial score (nSPS) is 10.0. The summed E-state index contributed by atoms with van der Waals surface area (Å²) in [6.07, 6.45) is -2.29. The van der Waals surface area contributed by atoms with Gasteiger partial charge in [0, 0.05) is 0 Å². The minimum atomic E-state index is -4.61. The Morgan fingerprint density at radius 3 is 0.579 bits per heavy atom. The van der Waals surface area contributed by atoms with E-state index in [-0.39, 0.29) is 148 Å². The van der Waals surface area contributed by atoms with Gasteiger partial charge in [0.25, 0.3) is 0 Å². The van der Waals surface area contributed by atoms with E-state index in [0.717, 1.165) is 0 Å². The van der Waals surface area contributed by atoms with E-state index in [9.17, 15) is 14.4 Å². The number of aliphatic hydroxyl groups is 1. The molecule has 0 aromatic carbocycles. The summed E-state index contributed by atoms with van der Waals surface area (Å²) < 4.78 is 0. The Morgan fingerprint density at radius 2 is 0.526 bits per heavy atom. The molecule has 0 aliphatic rings. The van der Waals surface area contributed by atoms with Gasteiger partial charge in [-0.05, 0) is 0 Å². The summed E-state index contributed by atoms with van der Waals surface area (Å²) in [5, 5.41) is 33.8. The number of aliphatic carboxylic acids is 3. The zero-order chi connectivity index (χ0) is 28.6.